The van der Waals surface area contributed by atoms with Gasteiger partial charge in [-0.2, -0.15) is 0 Å². The van der Waals surface area contributed by atoms with Crippen LogP contribution in [0.2, 0.25) is 0 Å². The highest BCUT2D eigenvalue weighted by Crippen LogP contribution is 2.25. The minimum absolute atomic E-state index is 0.180. The van der Waals surface area contributed by atoms with Crippen molar-refractivity contribution in [2.24, 2.45) is 0 Å². The topological polar surface area (TPSA) is 59.6 Å². The monoisotopic (exact) mass is 250 g/mol. The lowest BCUT2D eigenvalue weighted by Crippen LogP contribution is -2.37. The van der Waals surface area contributed by atoms with Crippen LogP contribution in [0.15, 0.2) is 18.2 Å². The Morgan fingerprint density at radius 3 is 3.00 bits per heavy atom. The van der Waals surface area contributed by atoms with E-state index >= 15 is 0 Å². The molecule has 0 saturated carbocycles. The smallest absolute Gasteiger partial charge is 0.321 e. The Bertz CT molecular complexity index is 428. The Balaban J connectivity index is 1.99. The summed E-state index contributed by atoms with van der Waals surface area (Å²) in [5, 5.41) is 5.54. The number of urea groups is 1. The molecule has 2 amide bonds. The summed E-state index contributed by atoms with van der Waals surface area (Å²) in [4.78, 5) is 11.8. The molecule has 1 saturated heterocycles. The van der Waals surface area contributed by atoms with Crippen molar-refractivity contribution in [3.05, 3.63) is 23.8 Å². The molecule has 2 rings (SSSR count). The van der Waals surface area contributed by atoms with Crippen molar-refractivity contribution in [3.63, 3.8) is 0 Å². The summed E-state index contributed by atoms with van der Waals surface area (Å²) in [6.45, 7) is 2.67. The van der Waals surface area contributed by atoms with Crippen LogP contribution in [0, 0.1) is 6.92 Å². The summed E-state index contributed by atoms with van der Waals surface area (Å²) in [6.07, 6.45) is 1.66. The van der Waals surface area contributed by atoms with Crippen molar-refractivity contribution in [3.8, 4) is 5.75 Å². The lowest BCUT2D eigenvalue weighted by Gasteiger charge is -2.15. The molecule has 1 aromatic rings. The summed E-state index contributed by atoms with van der Waals surface area (Å²) in [6, 6.07) is 5.36. The summed E-state index contributed by atoms with van der Waals surface area (Å²) in [7, 11) is 1.58. The maximum absolute atomic E-state index is 11.8. The minimum Gasteiger partial charge on any atom is -0.495 e. The number of carbonyl (C=O) groups excluding carboxylic acids is 1. The van der Waals surface area contributed by atoms with Crippen LogP contribution in [0.25, 0.3) is 0 Å². The number of ether oxygens (including phenoxy) is 2. The molecular formula is C13H18N2O3. The van der Waals surface area contributed by atoms with E-state index in [4.69, 9.17) is 9.47 Å². The van der Waals surface area contributed by atoms with Gasteiger partial charge in [-0.3, -0.25) is 0 Å². The fourth-order valence-electron chi connectivity index (χ4n) is 1.92. The van der Waals surface area contributed by atoms with Crippen molar-refractivity contribution in [1.82, 2.24) is 5.32 Å². The van der Waals surface area contributed by atoms with Gasteiger partial charge in [-0.25, -0.2) is 4.79 Å². The van der Waals surface area contributed by atoms with E-state index in [0.717, 1.165) is 18.4 Å². The largest absolute Gasteiger partial charge is 0.495 e. The van der Waals surface area contributed by atoms with Gasteiger partial charge in [0, 0.05) is 6.61 Å². The number of amides is 2. The molecule has 5 nitrogen and oxygen atoms in total. The number of hydrogen-bond acceptors (Lipinski definition) is 3. The van der Waals surface area contributed by atoms with Crippen LogP contribution >= 0.6 is 0 Å². The average molecular weight is 250 g/mol. The van der Waals surface area contributed by atoms with Gasteiger partial charge in [0.05, 0.1) is 12.8 Å². The first-order chi connectivity index (χ1) is 8.69. The van der Waals surface area contributed by atoms with Crippen LogP contribution in [0.1, 0.15) is 18.4 Å². The molecule has 1 aliphatic heterocycles. The number of methoxy groups -OCH3 is 1. The summed E-state index contributed by atoms with van der Waals surface area (Å²) in [5.41, 5.74) is 1.72. The number of benzene rings is 1. The van der Waals surface area contributed by atoms with Crippen molar-refractivity contribution in [1.29, 1.82) is 0 Å². The second-order valence-electron chi connectivity index (χ2n) is 4.30. The van der Waals surface area contributed by atoms with E-state index < -0.39 is 0 Å². The fourth-order valence-corrected chi connectivity index (χ4v) is 1.92. The van der Waals surface area contributed by atoms with Crippen LogP contribution in [-0.4, -0.2) is 26.0 Å². The third-order valence-corrected chi connectivity index (χ3v) is 2.82. The van der Waals surface area contributed by atoms with Gasteiger partial charge >= 0.3 is 6.03 Å². The number of aryl methyl sites for hydroxylation is 1. The number of hydrogen-bond donors (Lipinski definition) is 2. The molecular weight excluding hydrogens is 232 g/mol. The molecule has 5 heteroatoms. The summed E-state index contributed by atoms with van der Waals surface area (Å²) in [5.74, 6) is 0.642. The van der Waals surface area contributed by atoms with E-state index in [2.05, 4.69) is 10.6 Å². The summed E-state index contributed by atoms with van der Waals surface area (Å²) < 4.78 is 10.5. The van der Waals surface area contributed by atoms with Crippen molar-refractivity contribution >= 4 is 11.7 Å². The molecule has 0 aliphatic carbocycles. The molecule has 18 heavy (non-hydrogen) atoms. The van der Waals surface area contributed by atoms with E-state index in [1.165, 1.54) is 0 Å². The number of carbonyl (C=O) groups is 1. The van der Waals surface area contributed by atoms with Gasteiger partial charge in [-0.05, 0) is 37.5 Å². The molecule has 1 unspecified atom stereocenters. The highest BCUT2D eigenvalue weighted by molar-refractivity contribution is 5.91. The molecule has 1 aliphatic rings. The quantitative estimate of drug-likeness (QED) is 0.865. The second kappa shape index (κ2) is 5.73. The second-order valence-corrected chi connectivity index (χ2v) is 4.30. The number of anilines is 1. The van der Waals surface area contributed by atoms with E-state index in [-0.39, 0.29) is 12.3 Å². The molecule has 1 atom stereocenters. The highest BCUT2D eigenvalue weighted by atomic mass is 16.5. The molecule has 98 valence electrons. The van der Waals surface area contributed by atoms with E-state index in [0.29, 0.717) is 18.0 Å². The SMILES string of the molecule is COc1ccc(C)cc1NC(=O)NC1CCCO1. The third kappa shape index (κ3) is 3.13. The van der Waals surface area contributed by atoms with Gasteiger partial charge in [0.1, 0.15) is 12.0 Å². The van der Waals surface area contributed by atoms with Gasteiger partial charge in [0.25, 0.3) is 0 Å². The number of nitrogens with one attached hydrogen (secondary N) is 2. The van der Waals surface area contributed by atoms with Gasteiger partial charge in [0.15, 0.2) is 0 Å². The first-order valence-corrected chi connectivity index (χ1v) is 6.03. The average Bonchev–Trinajstić information content (AvgIpc) is 2.82. The Hall–Kier alpha value is -1.75. The molecule has 2 N–H and O–H groups in total. The maximum atomic E-state index is 11.8. The Morgan fingerprint density at radius 2 is 2.33 bits per heavy atom. The van der Waals surface area contributed by atoms with E-state index in [1.807, 2.05) is 25.1 Å². The molecule has 1 aromatic carbocycles. The lowest BCUT2D eigenvalue weighted by atomic mass is 10.2. The van der Waals surface area contributed by atoms with Crippen molar-refractivity contribution < 1.29 is 14.3 Å². The van der Waals surface area contributed by atoms with Crippen LogP contribution in [-0.2, 0) is 4.74 Å². The molecule has 1 heterocycles. The van der Waals surface area contributed by atoms with Gasteiger partial charge in [-0.15, -0.1) is 0 Å². The zero-order valence-corrected chi connectivity index (χ0v) is 10.7. The molecule has 0 radical (unpaired) electrons. The minimum atomic E-state index is -0.272. The number of rotatable bonds is 3. The van der Waals surface area contributed by atoms with Gasteiger partial charge in [0.2, 0.25) is 0 Å². The van der Waals surface area contributed by atoms with Crippen molar-refractivity contribution in [2.45, 2.75) is 26.0 Å². The third-order valence-electron chi connectivity index (χ3n) is 2.82. The highest BCUT2D eigenvalue weighted by Gasteiger charge is 2.18. The zero-order valence-electron chi connectivity index (χ0n) is 10.7. The van der Waals surface area contributed by atoms with Crippen LogP contribution in [0.5, 0.6) is 5.75 Å². The molecule has 1 fully saturated rings. The lowest BCUT2D eigenvalue weighted by molar-refractivity contribution is 0.0928. The van der Waals surface area contributed by atoms with E-state index in [1.54, 1.807) is 7.11 Å². The molecule has 0 spiro atoms. The van der Waals surface area contributed by atoms with Crippen LogP contribution in [0.3, 0.4) is 0 Å². The maximum Gasteiger partial charge on any atom is 0.321 e. The van der Waals surface area contributed by atoms with E-state index in [9.17, 15) is 4.79 Å². The Labute approximate surface area is 106 Å². The molecule has 0 bridgehead atoms. The van der Waals surface area contributed by atoms with Gasteiger partial charge < -0.3 is 20.1 Å². The fraction of sp³-hybridized carbons (Fsp3) is 0.462. The zero-order chi connectivity index (χ0) is 13.0. The first kappa shape index (κ1) is 12.7. The van der Waals surface area contributed by atoms with Crippen molar-refractivity contribution in [2.75, 3.05) is 19.0 Å². The standard InChI is InChI=1S/C13H18N2O3/c1-9-5-6-11(17-2)10(8-9)14-13(16)15-12-4-3-7-18-12/h5-6,8,12H,3-4,7H2,1-2H3,(H2,14,15,16). The predicted octanol–water partition coefficient (Wildman–Crippen LogP) is 2.26. The predicted molar refractivity (Wildman–Crippen MR) is 68.9 cm³/mol. The normalized spacial score (nSPS) is 18.4. The van der Waals surface area contributed by atoms with Gasteiger partial charge in [-0.1, -0.05) is 6.07 Å². The Morgan fingerprint density at radius 1 is 1.50 bits per heavy atom. The molecule has 0 aromatic heterocycles. The summed E-state index contributed by atoms with van der Waals surface area (Å²) >= 11 is 0. The Kier molecular flexibility index (Phi) is 4.04. The van der Waals surface area contributed by atoms with Crippen LogP contribution in [0.4, 0.5) is 10.5 Å². The van der Waals surface area contributed by atoms with Crippen LogP contribution < -0.4 is 15.4 Å². The first-order valence-electron chi connectivity index (χ1n) is 6.03.